The summed E-state index contributed by atoms with van der Waals surface area (Å²) in [6.45, 7) is 6.60. The Kier molecular flexibility index (Phi) is 6.05. The van der Waals surface area contributed by atoms with Gasteiger partial charge in [-0.1, -0.05) is 0 Å². The molecule has 11 heteroatoms. The Labute approximate surface area is 192 Å². The molecular formula is C22H29N7O4. The Balaban J connectivity index is 1.63. The highest BCUT2D eigenvalue weighted by atomic mass is 16.6. The molecule has 2 aromatic heterocycles. The maximum Gasteiger partial charge on any atom is 0.341 e. The van der Waals surface area contributed by atoms with E-state index in [2.05, 4.69) is 15.0 Å². The van der Waals surface area contributed by atoms with Crippen LogP contribution in [0.2, 0.25) is 0 Å². The molecule has 0 radical (unpaired) electrons. The lowest BCUT2D eigenvalue weighted by molar-refractivity contribution is -0.156. The van der Waals surface area contributed by atoms with E-state index in [1.807, 2.05) is 11.1 Å². The predicted octanol–water partition coefficient (Wildman–Crippen LogP) is 1.46. The van der Waals surface area contributed by atoms with E-state index in [1.54, 1.807) is 25.7 Å². The summed E-state index contributed by atoms with van der Waals surface area (Å²) >= 11 is 0. The Bertz CT molecular complexity index is 1070. The predicted molar refractivity (Wildman–Crippen MR) is 121 cm³/mol. The Morgan fingerprint density at radius 1 is 1.09 bits per heavy atom. The molecule has 0 saturated carbocycles. The zero-order chi connectivity index (χ0) is 23.8. The van der Waals surface area contributed by atoms with Crippen LogP contribution in [-0.2, 0) is 22.4 Å². The van der Waals surface area contributed by atoms with Crippen LogP contribution in [0.15, 0.2) is 12.4 Å². The molecule has 33 heavy (non-hydrogen) atoms. The van der Waals surface area contributed by atoms with Crippen LogP contribution >= 0.6 is 0 Å². The van der Waals surface area contributed by atoms with Crippen LogP contribution in [0.4, 0.5) is 17.7 Å². The van der Waals surface area contributed by atoms with Crippen molar-refractivity contribution in [2.75, 3.05) is 35.2 Å². The number of piperazine rings is 1. The summed E-state index contributed by atoms with van der Waals surface area (Å²) in [5.74, 6) is -1.03. The number of carboxylic acids is 1. The molecule has 1 aliphatic carbocycles. The molecule has 1 saturated heterocycles. The highest BCUT2D eigenvalue weighted by Crippen LogP contribution is 2.25. The first-order chi connectivity index (χ1) is 15.6. The molecule has 0 spiro atoms. The Morgan fingerprint density at radius 2 is 1.82 bits per heavy atom. The number of carboxylic acid groups (broad SMARTS) is 1. The molecule has 0 unspecified atom stereocenters. The van der Waals surface area contributed by atoms with Crippen molar-refractivity contribution in [2.45, 2.75) is 58.1 Å². The van der Waals surface area contributed by atoms with E-state index in [0.29, 0.717) is 19.0 Å². The third kappa shape index (κ3) is 4.96. The average Bonchev–Trinajstić information content (AvgIpc) is 2.77. The molecule has 3 N–H and O–H groups in total. The molecule has 2 aliphatic rings. The number of esters is 1. The van der Waals surface area contributed by atoms with E-state index in [4.69, 9.17) is 15.5 Å². The lowest BCUT2D eigenvalue weighted by atomic mass is 9.98. The topological polar surface area (TPSA) is 148 Å². The fourth-order valence-electron chi connectivity index (χ4n) is 4.08. The van der Waals surface area contributed by atoms with Crippen LogP contribution in [-0.4, -0.2) is 68.3 Å². The molecule has 3 heterocycles. The zero-order valence-electron chi connectivity index (χ0n) is 19.1. The summed E-state index contributed by atoms with van der Waals surface area (Å²) in [6.07, 6.45) is 7.24. The molecule has 0 aromatic carbocycles. The van der Waals surface area contributed by atoms with Crippen molar-refractivity contribution in [1.29, 1.82) is 0 Å². The van der Waals surface area contributed by atoms with Gasteiger partial charge in [0.25, 0.3) is 0 Å². The number of nitrogens with zero attached hydrogens (tertiary/aromatic N) is 6. The lowest BCUT2D eigenvalue weighted by Gasteiger charge is -2.41. The number of hydrogen-bond donors (Lipinski definition) is 2. The van der Waals surface area contributed by atoms with Gasteiger partial charge in [-0.3, -0.25) is 0 Å². The number of ether oxygens (including phenoxy) is 1. The molecule has 11 nitrogen and oxygen atoms in total. The van der Waals surface area contributed by atoms with Gasteiger partial charge in [0, 0.05) is 31.2 Å². The molecule has 1 atom stereocenters. The van der Waals surface area contributed by atoms with Gasteiger partial charge in [-0.25, -0.2) is 24.5 Å². The van der Waals surface area contributed by atoms with E-state index in [9.17, 15) is 14.7 Å². The molecule has 1 fully saturated rings. The maximum absolute atomic E-state index is 13.2. The van der Waals surface area contributed by atoms with E-state index in [-0.39, 0.29) is 23.9 Å². The second kappa shape index (κ2) is 8.80. The first-order valence-corrected chi connectivity index (χ1v) is 11.1. The van der Waals surface area contributed by atoms with Gasteiger partial charge >= 0.3 is 11.9 Å². The fraction of sp³-hybridized carbons (Fsp3) is 0.545. The first kappa shape index (κ1) is 22.7. The fourth-order valence-corrected chi connectivity index (χ4v) is 4.08. The number of nitrogen functional groups attached to an aromatic ring is 1. The number of hydrogen-bond acceptors (Lipinski definition) is 10. The van der Waals surface area contributed by atoms with E-state index < -0.39 is 23.6 Å². The smallest absolute Gasteiger partial charge is 0.341 e. The van der Waals surface area contributed by atoms with Crippen molar-refractivity contribution in [3.8, 4) is 0 Å². The summed E-state index contributed by atoms with van der Waals surface area (Å²) in [7, 11) is 0. The van der Waals surface area contributed by atoms with Gasteiger partial charge in [0.2, 0.25) is 11.9 Å². The monoisotopic (exact) mass is 455 g/mol. The van der Waals surface area contributed by atoms with Crippen LogP contribution < -0.4 is 15.5 Å². The van der Waals surface area contributed by atoms with Crippen LogP contribution in [0.3, 0.4) is 0 Å². The van der Waals surface area contributed by atoms with Gasteiger partial charge in [0.05, 0.1) is 6.54 Å². The molecule has 1 aliphatic heterocycles. The van der Waals surface area contributed by atoms with Crippen LogP contribution in [0.1, 0.15) is 55.2 Å². The largest absolute Gasteiger partial charge is 0.477 e. The summed E-state index contributed by atoms with van der Waals surface area (Å²) < 4.78 is 5.67. The normalized spacial score (nSPS) is 18.6. The van der Waals surface area contributed by atoms with Crippen LogP contribution in [0.5, 0.6) is 0 Å². The standard InChI is InChI=1S/C22H29N7O4/c1-22(2,3)33-19(32)16-12-28(20-24-10-13-6-4-5-7-15(13)26-20)8-9-29(16)21-25-11-14(18(30)31)17(23)27-21/h10-11,16H,4-9,12H2,1-3H3,(H,30,31)(H2,23,25,27)/t16-/m0/s1. The van der Waals surface area contributed by atoms with E-state index in [1.165, 1.54) is 5.56 Å². The molecule has 4 rings (SSSR count). The van der Waals surface area contributed by atoms with Gasteiger partial charge < -0.3 is 25.4 Å². The van der Waals surface area contributed by atoms with Gasteiger partial charge in [-0.2, -0.15) is 4.98 Å². The number of aromatic carboxylic acids is 1. The minimum Gasteiger partial charge on any atom is -0.477 e. The number of fused-ring (bicyclic) bond motifs is 1. The van der Waals surface area contributed by atoms with E-state index in [0.717, 1.165) is 37.6 Å². The quantitative estimate of drug-likeness (QED) is 0.646. The number of carbonyl (C=O) groups excluding carboxylic acids is 1. The summed E-state index contributed by atoms with van der Waals surface area (Å²) in [5.41, 5.74) is 7.23. The SMILES string of the molecule is CC(C)(C)OC(=O)[C@@H]1CN(c2ncc3c(n2)CCCC3)CCN1c1ncc(C(=O)O)c(N)n1. The molecule has 2 aromatic rings. The summed E-state index contributed by atoms with van der Waals surface area (Å²) in [4.78, 5) is 45.7. The van der Waals surface area contributed by atoms with Crippen molar-refractivity contribution in [3.05, 3.63) is 29.2 Å². The second-order valence-corrected chi connectivity index (χ2v) is 9.31. The molecule has 0 amide bonds. The van der Waals surface area contributed by atoms with Crippen molar-refractivity contribution in [3.63, 3.8) is 0 Å². The molecule has 176 valence electrons. The van der Waals surface area contributed by atoms with Crippen LogP contribution in [0, 0.1) is 0 Å². The highest BCUT2D eigenvalue weighted by molar-refractivity contribution is 5.92. The number of carbonyl (C=O) groups is 2. The van der Waals surface area contributed by atoms with Crippen molar-refractivity contribution in [2.24, 2.45) is 0 Å². The molecule has 0 bridgehead atoms. The van der Waals surface area contributed by atoms with Gasteiger partial charge in [0.15, 0.2) is 0 Å². The maximum atomic E-state index is 13.2. The zero-order valence-corrected chi connectivity index (χ0v) is 19.1. The summed E-state index contributed by atoms with van der Waals surface area (Å²) in [5, 5.41) is 9.21. The number of nitrogens with two attached hydrogens (primary N) is 1. The minimum atomic E-state index is -1.21. The van der Waals surface area contributed by atoms with Gasteiger partial charge in [0.1, 0.15) is 23.0 Å². The summed E-state index contributed by atoms with van der Waals surface area (Å²) in [6, 6.07) is -0.743. The lowest BCUT2D eigenvalue weighted by Crippen LogP contribution is -2.58. The second-order valence-electron chi connectivity index (χ2n) is 9.31. The van der Waals surface area contributed by atoms with Crippen molar-refractivity contribution < 1.29 is 19.4 Å². The highest BCUT2D eigenvalue weighted by Gasteiger charge is 2.38. The molecular weight excluding hydrogens is 426 g/mol. The third-order valence-electron chi connectivity index (χ3n) is 5.69. The van der Waals surface area contributed by atoms with Crippen molar-refractivity contribution >= 4 is 29.7 Å². The average molecular weight is 456 g/mol. The number of anilines is 3. The number of aryl methyl sites for hydroxylation is 2. The van der Waals surface area contributed by atoms with Gasteiger partial charge in [-0.05, 0) is 52.0 Å². The minimum absolute atomic E-state index is 0.157. The Morgan fingerprint density at radius 3 is 2.52 bits per heavy atom. The third-order valence-corrected chi connectivity index (χ3v) is 5.69. The van der Waals surface area contributed by atoms with Gasteiger partial charge in [-0.15, -0.1) is 0 Å². The Hall–Kier alpha value is -3.50. The first-order valence-electron chi connectivity index (χ1n) is 11.1. The number of rotatable bonds is 4. The van der Waals surface area contributed by atoms with Crippen LogP contribution in [0.25, 0.3) is 0 Å². The van der Waals surface area contributed by atoms with Crippen molar-refractivity contribution in [1.82, 2.24) is 19.9 Å². The van der Waals surface area contributed by atoms with E-state index >= 15 is 0 Å². The number of aromatic nitrogens is 4.